The van der Waals surface area contributed by atoms with E-state index in [9.17, 15) is 0 Å². The molecular formula is C13H26N2O. The highest BCUT2D eigenvalue weighted by Crippen LogP contribution is 2.23. The van der Waals surface area contributed by atoms with E-state index in [0.717, 1.165) is 13.2 Å². The van der Waals surface area contributed by atoms with E-state index in [-0.39, 0.29) is 0 Å². The van der Waals surface area contributed by atoms with Gasteiger partial charge in [-0.3, -0.25) is 4.90 Å². The number of ether oxygens (including phenoxy) is 1. The van der Waals surface area contributed by atoms with Crippen LogP contribution in [0.1, 0.15) is 40.0 Å². The smallest absolute Gasteiger partial charge is 0.0674 e. The summed E-state index contributed by atoms with van der Waals surface area (Å²) < 4.78 is 5.75. The van der Waals surface area contributed by atoms with Gasteiger partial charge < -0.3 is 10.1 Å². The van der Waals surface area contributed by atoms with Crippen molar-refractivity contribution < 1.29 is 4.74 Å². The Morgan fingerprint density at radius 1 is 1.50 bits per heavy atom. The van der Waals surface area contributed by atoms with Crippen LogP contribution >= 0.6 is 0 Å². The molecule has 94 valence electrons. The summed E-state index contributed by atoms with van der Waals surface area (Å²) in [5.74, 6) is 0. The monoisotopic (exact) mass is 226 g/mol. The standard InChI is InChI=1S/C13H26N2O/c1-4-12-9-16-11(2)8-15(12)10-13(3)6-5-7-14-13/h11-12,14H,4-10H2,1-3H3. The van der Waals surface area contributed by atoms with Gasteiger partial charge in [0.2, 0.25) is 0 Å². The van der Waals surface area contributed by atoms with E-state index >= 15 is 0 Å². The molecule has 0 aromatic heterocycles. The Bertz CT molecular complexity index is 226. The van der Waals surface area contributed by atoms with Crippen molar-refractivity contribution in [3.05, 3.63) is 0 Å². The molecule has 0 spiro atoms. The lowest BCUT2D eigenvalue weighted by molar-refractivity contribution is -0.0626. The molecule has 3 atom stereocenters. The quantitative estimate of drug-likeness (QED) is 0.791. The predicted octanol–water partition coefficient (Wildman–Crippen LogP) is 1.63. The third-order valence-corrected chi connectivity index (χ3v) is 4.06. The van der Waals surface area contributed by atoms with Gasteiger partial charge in [0.25, 0.3) is 0 Å². The summed E-state index contributed by atoms with van der Waals surface area (Å²) in [5.41, 5.74) is 0.338. The lowest BCUT2D eigenvalue weighted by atomic mass is 9.97. The maximum atomic E-state index is 5.75. The summed E-state index contributed by atoms with van der Waals surface area (Å²) >= 11 is 0. The first-order valence-electron chi connectivity index (χ1n) is 6.73. The molecule has 1 N–H and O–H groups in total. The Balaban J connectivity index is 1.94. The molecule has 0 aromatic carbocycles. The van der Waals surface area contributed by atoms with Crippen LogP contribution in [0.25, 0.3) is 0 Å². The van der Waals surface area contributed by atoms with E-state index in [4.69, 9.17) is 4.74 Å². The highest BCUT2D eigenvalue weighted by Gasteiger charge is 2.34. The molecule has 2 aliphatic rings. The molecule has 0 bridgehead atoms. The van der Waals surface area contributed by atoms with Crippen LogP contribution in [-0.2, 0) is 4.74 Å². The highest BCUT2D eigenvalue weighted by atomic mass is 16.5. The molecule has 2 aliphatic heterocycles. The summed E-state index contributed by atoms with van der Waals surface area (Å²) in [4.78, 5) is 2.63. The van der Waals surface area contributed by atoms with Gasteiger partial charge in [0.1, 0.15) is 0 Å². The number of hydrogen-bond acceptors (Lipinski definition) is 3. The third kappa shape index (κ3) is 2.76. The Hall–Kier alpha value is -0.120. The molecule has 2 fully saturated rings. The van der Waals surface area contributed by atoms with Gasteiger partial charge in [-0.2, -0.15) is 0 Å². The normalized spacial score (nSPS) is 41.4. The number of hydrogen-bond donors (Lipinski definition) is 1. The Kier molecular flexibility index (Phi) is 3.88. The van der Waals surface area contributed by atoms with Gasteiger partial charge in [-0.1, -0.05) is 6.92 Å². The van der Waals surface area contributed by atoms with Crippen LogP contribution in [0.3, 0.4) is 0 Å². The van der Waals surface area contributed by atoms with Gasteiger partial charge in [-0.05, 0) is 39.7 Å². The Morgan fingerprint density at radius 3 is 2.94 bits per heavy atom. The van der Waals surface area contributed by atoms with Crippen LogP contribution in [0.5, 0.6) is 0 Å². The van der Waals surface area contributed by atoms with E-state index < -0.39 is 0 Å². The van der Waals surface area contributed by atoms with Gasteiger partial charge in [0.15, 0.2) is 0 Å². The molecule has 2 rings (SSSR count). The SMILES string of the molecule is CCC1COC(C)CN1CC1(C)CCCN1. The second kappa shape index (κ2) is 5.03. The van der Waals surface area contributed by atoms with Gasteiger partial charge in [0.05, 0.1) is 12.7 Å². The van der Waals surface area contributed by atoms with Crippen LogP contribution in [0, 0.1) is 0 Å². The summed E-state index contributed by atoms with van der Waals surface area (Å²) in [6, 6.07) is 0.621. The van der Waals surface area contributed by atoms with Gasteiger partial charge in [-0.25, -0.2) is 0 Å². The Labute approximate surface area is 99.5 Å². The minimum absolute atomic E-state index is 0.338. The molecule has 3 heteroatoms. The van der Waals surface area contributed by atoms with Crippen LogP contribution in [0.4, 0.5) is 0 Å². The molecule has 2 saturated heterocycles. The minimum Gasteiger partial charge on any atom is -0.376 e. The first-order valence-corrected chi connectivity index (χ1v) is 6.73. The van der Waals surface area contributed by atoms with Gasteiger partial charge in [0, 0.05) is 24.7 Å². The van der Waals surface area contributed by atoms with E-state index in [1.54, 1.807) is 0 Å². The maximum absolute atomic E-state index is 5.75. The van der Waals surface area contributed by atoms with Crippen molar-refractivity contribution in [2.24, 2.45) is 0 Å². The van der Waals surface area contributed by atoms with E-state index in [1.165, 1.54) is 32.4 Å². The summed E-state index contributed by atoms with van der Waals surface area (Å²) in [7, 11) is 0. The first kappa shape index (κ1) is 12.3. The molecule has 0 radical (unpaired) electrons. The fourth-order valence-corrected chi connectivity index (χ4v) is 3.02. The van der Waals surface area contributed by atoms with Gasteiger partial charge >= 0.3 is 0 Å². The predicted molar refractivity (Wildman–Crippen MR) is 66.7 cm³/mol. The number of morpholine rings is 1. The number of nitrogens with zero attached hydrogens (tertiary/aromatic N) is 1. The van der Waals surface area contributed by atoms with E-state index in [0.29, 0.717) is 17.7 Å². The lowest BCUT2D eigenvalue weighted by Gasteiger charge is -2.42. The van der Waals surface area contributed by atoms with Crippen molar-refractivity contribution in [2.75, 3.05) is 26.2 Å². The molecule has 0 saturated carbocycles. The first-order chi connectivity index (χ1) is 7.63. The molecule has 3 unspecified atom stereocenters. The highest BCUT2D eigenvalue weighted by molar-refractivity contribution is 4.93. The van der Waals surface area contributed by atoms with E-state index in [2.05, 4.69) is 31.0 Å². The van der Waals surface area contributed by atoms with Crippen LogP contribution in [-0.4, -0.2) is 48.8 Å². The van der Waals surface area contributed by atoms with Crippen molar-refractivity contribution in [1.82, 2.24) is 10.2 Å². The zero-order valence-corrected chi connectivity index (χ0v) is 11.0. The van der Waals surface area contributed by atoms with Crippen LogP contribution < -0.4 is 5.32 Å². The van der Waals surface area contributed by atoms with Crippen LogP contribution in [0.2, 0.25) is 0 Å². The second-order valence-corrected chi connectivity index (χ2v) is 5.73. The molecule has 2 heterocycles. The lowest BCUT2D eigenvalue weighted by Crippen LogP contribution is -2.56. The molecule has 16 heavy (non-hydrogen) atoms. The largest absolute Gasteiger partial charge is 0.376 e. The van der Waals surface area contributed by atoms with Crippen molar-refractivity contribution in [2.45, 2.75) is 57.7 Å². The fraction of sp³-hybridized carbons (Fsp3) is 1.00. The number of nitrogens with one attached hydrogen (secondary N) is 1. The zero-order chi connectivity index (χ0) is 11.6. The molecule has 0 aliphatic carbocycles. The molecular weight excluding hydrogens is 200 g/mol. The summed E-state index contributed by atoms with van der Waals surface area (Å²) in [6.45, 7) is 11.2. The third-order valence-electron chi connectivity index (χ3n) is 4.06. The summed E-state index contributed by atoms with van der Waals surface area (Å²) in [6.07, 6.45) is 4.23. The zero-order valence-electron chi connectivity index (χ0n) is 11.0. The van der Waals surface area contributed by atoms with Crippen molar-refractivity contribution >= 4 is 0 Å². The average Bonchev–Trinajstić information content (AvgIpc) is 2.65. The van der Waals surface area contributed by atoms with Crippen molar-refractivity contribution in [1.29, 1.82) is 0 Å². The molecule has 3 nitrogen and oxygen atoms in total. The van der Waals surface area contributed by atoms with Crippen LogP contribution in [0.15, 0.2) is 0 Å². The molecule has 0 amide bonds. The summed E-state index contributed by atoms with van der Waals surface area (Å²) in [5, 5.41) is 3.66. The average molecular weight is 226 g/mol. The Morgan fingerprint density at radius 2 is 2.31 bits per heavy atom. The van der Waals surface area contributed by atoms with E-state index in [1.807, 2.05) is 0 Å². The van der Waals surface area contributed by atoms with Gasteiger partial charge in [-0.15, -0.1) is 0 Å². The maximum Gasteiger partial charge on any atom is 0.0674 e. The topological polar surface area (TPSA) is 24.5 Å². The van der Waals surface area contributed by atoms with Crippen molar-refractivity contribution in [3.63, 3.8) is 0 Å². The fourth-order valence-electron chi connectivity index (χ4n) is 3.02. The second-order valence-electron chi connectivity index (χ2n) is 5.73. The number of rotatable bonds is 3. The van der Waals surface area contributed by atoms with Crippen molar-refractivity contribution in [3.8, 4) is 0 Å². The molecule has 0 aromatic rings. The minimum atomic E-state index is 0.338.